The van der Waals surface area contributed by atoms with Crippen molar-refractivity contribution in [1.29, 1.82) is 0 Å². The van der Waals surface area contributed by atoms with Crippen LogP contribution < -0.4 is 0 Å². The minimum atomic E-state index is -0.836. The molecule has 1 aliphatic heterocycles. The Bertz CT molecular complexity index is 186. The molecule has 0 aliphatic carbocycles. The molecule has 76 valence electrons. The predicted octanol–water partition coefficient (Wildman–Crippen LogP) is 1.39. The van der Waals surface area contributed by atoms with E-state index in [1.807, 2.05) is 13.8 Å². The van der Waals surface area contributed by atoms with Gasteiger partial charge in [-0.3, -0.25) is 4.79 Å². The summed E-state index contributed by atoms with van der Waals surface area (Å²) in [4.78, 5) is 10.4. The second-order valence-corrected chi connectivity index (χ2v) is 3.27. The van der Waals surface area contributed by atoms with Crippen molar-refractivity contribution in [3.63, 3.8) is 0 Å². The Labute approximate surface area is 77.8 Å². The van der Waals surface area contributed by atoms with Crippen LogP contribution in [0.25, 0.3) is 0 Å². The first kappa shape index (κ1) is 10.5. The molecule has 4 nitrogen and oxygen atoms in total. The van der Waals surface area contributed by atoms with Crippen LogP contribution in [0.1, 0.15) is 33.1 Å². The van der Waals surface area contributed by atoms with E-state index in [0.717, 1.165) is 12.8 Å². The number of ether oxygens (including phenoxy) is 2. The van der Waals surface area contributed by atoms with Crippen LogP contribution in [0, 0.1) is 0 Å². The molecule has 0 aromatic rings. The highest BCUT2D eigenvalue weighted by atomic mass is 16.7. The van der Waals surface area contributed by atoms with E-state index in [1.54, 1.807) is 0 Å². The zero-order chi connectivity index (χ0) is 9.90. The maximum atomic E-state index is 10.4. The Morgan fingerprint density at radius 3 is 2.54 bits per heavy atom. The lowest BCUT2D eigenvalue weighted by Gasteiger charge is -2.24. The summed E-state index contributed by atoms with van der Waals surface area (Å²) in [5.74, 6) is -1.36. The molecule has 0 amide bonds. The zero-order valence-corrected chi connectivity index (χ0v) is 8.08. The Morgan fingerprint density at radius 1 is 1.54 bits per heavy atom. The van der Waals surface area contributed by atoms with E-state index in [9.17, 15) is 4.79 Å². The van der Waals surface area contributed by atoms with Gasteiger partial charge < -0.3 is 14.6 Å². The summed E-state index contributed by atoms with van der Waals surface area (Å²) in [5.41, 5.74) is 0. The molecule has 0 saturated carbocycles. The van der Waals surface area contributed by atoms with Gasteiger partial charge in [-0.2, -0.15) is 0 Å². The van der Waals surface area contributed by atoms with Crippen LogP contribution >= 0.6 is 0 Å². The van der Waals surface area contributed by atoms with E-state index >= 15 is 0 Å². The minimum Gasteiger partial charge on any atom is -0.481 e. The Kier molecular flexibility index (Phi) is 3.27. The third kappa shape index (κ3) is 2.42. The van der Waals surface area contributed by atoms with E-state index in [0.29, 0.717) is 6.61 Å². The van der Waals surface area contributed by atoms with Gasteiger partial charge >= 0.3 is 5.97 Å². The molecule has 1 saturated heterocycles. The molecule has 0 spiro atoms. The van der Waals surface area contributed by atoms with Crippen molar-refractivity contribution in [1.82, 2.24) is 0 Å². The van der Waals surface area contributed by atoms with Crippen molar-refractivity contribution in [2.45, 2.75) is 45.0 Å². The third-order valence-electron chi connectivity index (χ3n) is 2.39. The first-order chi connectivity index (χ1) is 6.12. The topological polar surface area (TPSA) is 55.8 Å². The first-order valence-corrected chi connectivity index (χ1v) is 4.65. The van der Waals surface area contributed by atoms with Gasteiger partial charge in [-0.1, -0.05) is 13.8 Å². The molecule has 13 heavy (non-hydrogen) atoms. The summed E-state index contributed by atoms with van der Waals surface area (Å²) in [5, 5.41) is 8.55. The highest BCUT2D eigenvalue weighted by Crippen LogP contribution is 2.31. The lowest BCUT2D eigenvalue weighted by atomic mass is 10.1. The van der Waals surface area contributed by atoms with Gasteiger partial charge in [0, 0.05) is 0 Å². The van der Waals surface area contributed by atoms with Crippen LogP contribution in [0.4, 0.5) is 0 Å². The second-order valence-electron chi connectivity index (χ2n) is 3.27. The molecular weight excluding hydrogens is 172 g/mol. The fraction of sp³-hybridized carbons (Fsp3) is 0.889. The molecule has 0 aromatic carbocycles. The van der Waals surface area contributed by atoms with Crippen molar-refractivity contribution >= 4 is 5.97 Å². The summed E-state index contributed by atoms with van der Waals surface area (Å²) in [6.07, 6.45) is 1.28. The SMILES string of the molecule is CCC1(CC)OC[C@@H](CC(=O)O)O1. The van der Waals surface area contributed by atoms with E-state index in [1.165, 1.54) is 0 Å². The van der Waals surface area contributed by atoms with Gasteiger partial charge in [0.05, 0.1) is 19.1 Å². The monoisotopic (exact) mass is 188 g/mol. The largest absolute Gasteiger partial charge is 0.481 e. The number of hydrogen-bond donors (Lipinski definition) is 1. The number of hydrogen-bond acceptors (Lipinski definition) is 3. The lowest BCUT2D eigenvalue weighted by Crippen LogP contribution is -2.29. The predicted molar refractivity (Wildman–Crippen MR) is 46.4 cm³/mol. The molecule has 0 radical (unpaired) electrons. The Morgan fingerprint density at radius 2 is 2.15 bits per heavy atom. The Balaban J connectivity index is 2.47. The van der Waals surface area contributed by atoms with Crippen molar-refractivity contribution < 1.29 is 19.4 Å². The van der Waals surface area contributed by atoms with Crippen LogP contribution in [-0.4, -0.2) is 29.6 Å². The molecule has 0 unspecified atom stereocenters. The smallest absolute Gasteiger partial charge is 0.306 e. The van der Waals surface area contributed by atoms with E-state index in [4.69, 9.17) is 14.6 Å². The molecule has 0 aromatic heterocycles. The van der Waals surface area contributed by atoms with Gasteiger partial charge in [0.2, 0.25) is 0 Å². The average Bonchev–Trinajstić information content (AvgIpc) is 2.48. The van der Waals surface area contributed by atoms with Crippen molar-refractivity contribution in [3.8, 4) is 0 Å². The van der Waals surface area contributed by atoms with E-state index < -0.39 is 11.8 Å². The van der Waals surface area contributed by atoms with Crippen molar-refractivity contribution in [2.24, 2.45) is 0 Å². The average molecular weight is 188 g/mol. The molecular formula is C9H16O4. The second kappa shape index (κ2) is 4.07. The Hall–Kier alpha value is -0.610. The summed E-state index contributed by atoms with van der Waals surface area (Å²) >= 11 is 0. The molecule has 1 atom stereocenters. The molecule has 0 bridgehead atoms. The molecule has 1 rings (SSSR count). The maximum Gasteiger partial charge on any atom is 0.306 e. The first-order valence-electron chi connectivity index (χ1n) is 4.65. The number of carboxylic acids is 1. The van der Waals surface area contributed by atoms with Crippen molar-refractivity contribution in [3.05, 3.63) is 0 Å². The van der Waals surface area contributed by atoms with Crippen LogP contribution in [0.3, 0.4) is 0 Å². The number of aliphatic carboxylic acids is 1. The quantitative estimate of drug-likeness (QED) is 0.724. The fourth-order valence-corrected chi connectivity index (χ4v) is 1.53. The lowest BCUT2D eigenvalue weighted by molar-refractivity contribution is -0.174. The van der Waals surface area contributed by atoms with Gasteiger partial charge in [0.1, 0.15) is 0 Å². The summed E-state index contributed by atoms with van der Waals surface area (Å²) in [7, 11) is 0. The van der Waals surface area contributed by atoms with Crippen molar-refractivity contribution in [2.75, 3.05) is 6.61 Å². The van der Waals surface area contributed by atoms with Crippen LogP contribution in [-0.2, 0) is 14.3 Å². The molecule has 1 aliphatic rings. The fourth-order valence-electron chi connectivity index (χ4n) is 1.53. The van der Waals surface area contributed by atoms with Crippen LogP contribution in [0.15, 0.2) is 0 Å². The normalized spacial score (nSPS) is 26.2. The minimum absolute atomic E-state index is 0.0295. The third-order valence-corrected chi connectivity index (χ3v) is 2.39. The summed E-state index contributed by atoms with van der Waals surface area (Å²) in [6.45, 7) is 4.35. The number of carboxylic acid groups (broad SMARTS) is 1. The van der Waals surface area contributed by atoms with Gasteiger partial charge in [-0.25, -0.2) is 0 Å². The maximum absolute atomic E-state index is 10.4. The molecule has 1 fully saturated rings. The molecule has 1 heterocycles. The summed E-state index contributed by atoms with van der Waals surface area (Å²) < 4.78 is 11.0. The van der Waals surface area contributed by atoms with Gasteiger partial charge in [-0.05, 0) is 12.8 Å². The molecule has 1 N–H and O–H groups in total. The van der Waals surface area contributed by atoms with E-state index in [-0.39, 0.29) is 12.5 Å². The molecule has 4 heteroatoms. The van der Waals surface area contributed by atoms with Gasteiger partial charge in [0.15, 0.2) is 5.79 Å². The standard InChI is InChI=1S/C9H16O4/c1-3-9(4-2)12-6-7(13-9)5-8(10)11/h7H,3-6H2,1-2H3,(H,10,11)/t7-/m1/s1. The van der Waals surface area contributed by atoms with Gasteiger partial charge in [-0.15, -0.1) is 0 Å². The van der Waals surface area contributed by atoms with Crippen LogP contribution in [0.2, 0.25) is 0 Å². The highest BCUT2D eigenvalue weighted by Gasteiger charge is 2.38. The van der Waals surface area contributed by atoms with E-state index in [2.05, 4.69) is 0 Å². The number of carbonyl (C=O) groups is 1. The number of rotatable bonds is 4. The highest BCUT2D eigenvalue weighted by molar-refractivity contribution is 5.67. The van der Waals surface area contributed by atoms with Crippen LogP contribution in [0.5, 0.6) is 0 Å². The zero-order valence-electron chi connectivity index (χ0n) is 8.08. The summed E-state index contributed by atoms with van der Waals surface area (Å²) in [6, 6.07) is 0. The van der Waals surface area contributed by atoms with Gasteiger partial charge in [0.25, 0.3) is 0 Å².